The molecule has 0 heterocycles. The van der Waals surface area contributed by atoms with Crippen molar-refractivity contribution in [1.29, 1.82) is 0 Å². The van der Waals surface area contributed by atoms with Gasteiger partial charge in [0.15, 0.2) is 6.29 Å². The van der Waals surface area contributed by atoms with E-state index in [1.54, 1.807) is 24.3 Å². The van der Waals surface area contributed by atoms with E-state index in [4.69, 9.17) is 4.74 Å². The summed E-state index contributed by atoms with van der Waals surface area (Å²) >= 11 is 0. The van der Waals surface area contributed by atoms with Crippen molar-refractivity contribution in [3.63, 3.8) is 0 Å². The summed E-state index contributed by atoms with van der Waals surface area (Å²) in [5.41, 5.74) is 0.704. The fourth-order valence-electron chi connectivity index (χ4n) is 1.64. The number of hydrogen-bond donors (Lipinski definition) is 2. The highest BCUT2D eigenvalue weighted by atomic mass is 16.6. The van der Waals surface area contributed by atoms with Crippen LogP contribution in [-0.4, -0.2) is 17.3 Å². The van der Waals surface area contributed by atoms with Crippen molar-refractivity contribution in [2.75, 3.05) is 7.11 Å². The summed E-state index contributed by atoms with van der Waals surface area (Å²) in [5, 5.41) is 20.7. The molecule has 2 rings (SSSR count). The Bertz CT molecular complexity index is 479. The largest absolute Gasteiger partial charge is 0.508 e. The molecule has 0 saturated heterocycles. The van der Waals surface area contributed by atoms with Crippen LogP contribution < -0.4 is 0 Å². The van der Waals surface area contributed by atoms with Crippen molar-refractivity contribution in [3.05, 3.63) is 42.0 Å². The second-order valence-electron chi connectivity index (χ2n) is 3.34. The van der Waals surface area contributed by atoms with E-state index in [2.05, 4.69) is 0 Å². The minimum absolute atomic E-state index is 0.214. The Morgan fingerprint density at radius 3 is 2.73 bits per heavy atom. The quantitative estimate of drug-likeness (QED) is 0.737. The summed E-state index contributed by atoms with van der Waals surface area (Å²) in [4.78, 5) is 0. The third kappa shape index (κ3) is 1.79. The number of rotatable bonds is 2. The zero-order valence-electron chi connectivity index (χ0n) is 8.34. The molecule has 3 nitrogen and oxygen atoms in total. The number of phenols is 1. The molecular formula is C12H12O3. The van der Waals surface area contributed by atoms with Crippen LogP contribution in [0.15, 0.2) is 36.4 Å². The van der Waals surface area contributed by atoms with Gasteiger partial charge in [0, 0.05) is 12.7 Å². The van der Waals surface area contributed by atoms with E-state index in [1.165, 1.54) is 7.11 Å². The number of hydrogen-bond acceptors (Lipinski definition) is 3. The van der Waals surface area contributed by atoms with Gasteiger partial charge in [0.05, 0.1) is 0 Å². The van der Waals surface area contributed by atoms with Crippen LogP contribution >= 0.6 is 0 Å². The molecule has 0 aliphatic heterocycles. The van der Waals surface area contributed by atoms with Gasteiger partial charge in [-0.2, -0.15) is 0 Å². The molecule has 1 atom stereocenters. The second-order valence-corrected chi connectivity index (χ2v) is 3.34. The molecule has 15 heavy (non-hydrogen) atoms. The highest BCUT2D eigenvalue weighted by molar-refractivity contribution is 5.87. The van der Waals surface area contributed by atoms with Crippen LogP contribution in [0.3, 0.4) is 0 Å². The van der Waals surface area contributed by atoms with Gasteiger partial charge in [-0.05, 0) is 22.9 Å². The minimum Gasteiger partial charge on any atom is -0.508 e. The second kappa shape index (κ2) is 3.88. The highest BCUT2D eigenvalue weighted by Crippen LogP contribution is 2.27. The SMILES string of the molecule is COC(O)c1cccc2cc(O)ccc12. The Morgan fingerprint density at radius 1 is 1.20 bits per heavy atom. The van der Waals surface area contributed by atoms with Gasteiger partial charge in [-0.1, -0.05) is 24.3 Å². The zero-order chi connectivity index (χ0) is 10.8. The Morgan fingerprint density at radius 2 is 2.00 bits per heavy atom. The molecule has 0 aliphatic rings. The smallest absolute Gasteiger partial charge is 0.181 e. The van der Waals surface area contributed by atoms with Crippen LogP contribution in [0.4, 0.5) is 0 Å². The van der Waals surface area contributed by atoms with Gasteiger partial charge < -0.3 is 14.9 Å². The average molecular weight is 204 g/mol. The van der Waals surface area contributed by atoms with Gasteiger partial charge in [-0.3, -0.25) is 0 Å². The van der Waals surface area contributed by atoms with Gasteiger partial charge in [-0.25, -0.2) is 0 Å². The molecule has 2 aromatic rings. The molecule has 0 spiro atoms. The van der Waals surface area contributed by atoms with Crippen LogP contribution in [0.25, 0.3) is 10.8 Å². The van der Waals surface area contributed by atoms with Crippen molar-refractivity contribution < 1.29 is 14.9 Å². The number of aliphatic hydroxyl groups is 1. The number of ether oxygens (including phenoxy) is 1. The van der Waals surface area contributed by atoms with Gasteiger partial charge in [-0.15, -0.1) is 0 Å². The maximum atomic E-state index is 9.61. The van der Waals surface area contributed by atoms with Gasteiger partial charge in [0.2, 0.25) is 0 Å². The lowest BCUT2D eigenvalue weighted by molar-refractivity contribution is -0.0758. The van der Waals surface area contributed by atoms with Gasteiger partial charge >= 0.3 is 0 Å². The van der Waals surface area contributed by atoms with Gasteiger partial charge in [0.25, 0.3) is 0 Å². The number of phenolic OH excluding ortho intramolecular Hbond substituents is 1. The predicted molar refractivity (Wildman–Crippen MR) is 57.6 cm³/mol. The molecule has 0 bridgehead atoms. The lowest BCUT2D eigenvalue weighted by atomic mass is 10.0. The molecule has 0 radical (unpaired) electrons. The molecule has 0 fully saturated rings. The molecule has 0 saturated carbocycles. The first-order valence-electron chi connectivity index (χ1n) is 4.65. The lowest BCUT2D eigenvalue weighted by Gasteiger charge is -2.11. The monoisotopic (exact) mass is 204 g/mol. The van der Waals surface area contributed by atoms with E-state index >= 15 is 0 Å². The Hall–Kier alpha value is -1.58. The molecular weight excluding hydrogens is 192 g/mol. The number of fused-ring (bicyclic) bond motifs is 1. The van der Waals surface area contributed by atoms with Crippen LogP contribution in [0.1, 0.15) is 11.9 Å². The van der Waals surface area contributed by atoms with E-state index in [0.29, 0.717) is 5.56 Å². The van der Waals surface area contributed by atoms with E-state index in [0.717, 1.165) is 10.8 Å². The summed E-state index contributed by atoms with van der Waals surface area (Å²) in [7, 11) is 1.45. The topological polar surface area (TPSA) is 49.7 Å². The average Bonchev–Trinajstić information content (AvgIpc) is 2.26. The Labute approximate surface area is 87.5 Å². The van der Waals surface area contributed by atoms with E-state index in [-0.39, 0.29) is 5.75 Å². The standard InChI is InChI=1S/C12H12O3/c1-15-12(14)11-4-2-3-8-7-9(13)5-6-10(8)11/h2-7,12-14H,1H3. The fraction of sp³-hybridized carbons (Fsp3) is 0.167. The molecule has 2 aromatic carbocycles. The Balaban J connectivity index is 2.66. The third-order valence-corrected chi connectivity index (χ3v) is 2.39. The molecule has 78 valence electrons. The summed E-state index contributed by atoms with van der Waals surface area (Å²) in [6, 6.07) is 10.5. The fourth-order valence-corrected chi connectivity index (χ4v) is 1.64. The Kier molecular flexibility index (Phi) is 2.58. The number of methoxy groups -OCH3 is 1. The highest BCUT2D eigenvalue weighted by Gasteiger charge is 2.09. The summed E-state index contributed by atoms with van der Waals surface area (Å²) < 4.78 is 4.87. The summed E-state index contributed by atoms with van der Waals surface area (Å²) in [6.45, 7) is 0. The van der Waals surface area contributed by atoms with Crippen LogP contribution in [-0.2, 0) is 4.74 Å². The number of aliphatic hydroxyl groups excluding tert-OH is 1. The molecule has 0 aromatic heterocycles. The van der Waals surface area contributed by atoms with E-state index < -0.39 is 6.29 Å². The third-order valence-electron chi connectivity index (χ3n) is 2.39. The first-order chi connectivity index (χ1) is 7.22. The van der Waals surface area contributed by atoms with Crippen molar-refractivity contribution in [3.8, 4) is 5.75 Å². The van der Waals surface area contributed by atoms with Crippen molar-refractivity contribution >= 4 is 10.8 Å². The normalized spacial score (nSPS) is 12.9. The van der Waals surface area contributed by atoms with Crippen molar-refractivity contribution in [2.24, 2.45) is 0 Å². The van der Waals surface area contributed by atoms with E-state index in [9.17, 15) is 10.2 Å². The van der Waals surface area contributed by atoms with Crippen LogP contribution in [0.5, 0.6) is 5.75 Å². The maximum absolute atomic E-state index is 9.61. The van der Waals surface area contributed by atoms with Crippen molar-refractivity contribution in [2.45, 2.75) is 6.29 Å². The number of aromatic hydroxyl groups is 1. The number of benzene rings is 2. The zero-order valence-corrected chi connectivity index (χ0v) is 8.34. The first kappa shape index (κ1) is 9.96. The van der Waals surface area contributed by atoms with Gasteiger partial charge in [0.1, 0.15) is 5.75 Å². The summed E-state index contributed by atoms with van der Waals surface area (Å²) in [5.74, 6) is 0.214. The van der Waals surface area contributed by atoms with Crippen LogP contribution in [0, 0.1) is 0 Å². The predicted octanol–water partition coefficient (Wildman–Crippen LogP) is 2.18. The van der Waals surface area contributed by atoms with E-state index in [1.807, 2.05) is 12.1 Å². The molecule has 0 amide bonds. The molecule has 0 aliphatic carbocycles. The first-order valence-corrected chi connectivity index (χ1v) is 4.65. The molecule has 2 N–H and O–H groups in total. The van der Waals surface area contributed by atoms with Crippen LogP contribution in [0.2, 0.25) is 0 Å². The van der Waals surface area contributed by atoms with Crippen molar-refractivity contribution in [1.82, 2.24) is 0 Å². The minimum atomic E-state index is -0.932. The lowest BCUT2D eigenvalue weighted by Crippen LogP contribution is -1.99. The maximum Gasteiger partial charge on any atom is 0.181 e. The molecule has 3 heteroatoms. The molecule has 1 unspecified atom stereocenters. The summed E-state index contributed by atoms with van der Waals surface area (Å²) in [6.07, 6.45) is -0.932.